The van der Waals surface area contributed by atoms with Crippen molar-refractivity contribution in [2.75, 3.05) is 33.3 Å². The summed E-state index contributed by atoms with van der Waals surface area (Å²) in [6.45, 7) is 4.08. The van der Waals surface area contributed by atoms with Gasteiger partial charge in [0, 0.05) is 25.7 Å². The Morgan fingerprint density at radius 3 is 2.77 bits per heavy atom. The second kappa shape index (κ2) is 7.06. The highest BCUT2D eigenvalue weighted by Crippen LogP contribution is 2.41. The van der Waals surface area contributed by atoms with Gasteiger partial charge in [0.25, 0.3) is 0 Å². The van der Waals surface area contributed by atoms with Crippen molar-refractivity contribution in [1.82, 2.24) is 9.80 Å². The molecule has 1 aromatic rings. The number of piperidine rings is 1. The van der Waals surface area contributed by atoms with Crippen molar-refractivity contribution >= 4 is 5.91 Å². The first kappa shape index (κ1) is 17.6. The Kier molecular flexibility index (Phi) is 4.78. The lowest BCUT2D eigenvalue weighted by atomic mass is 9.77. The van der Waals surface area contributed by atoms with Crippen LogP contribution in [-0.4, -0.2) is 49.0 Å². The molecule has 3 aliphatic rings. The Bertz CT molecular complexity index is 727. The summed E-state index contributed by atoms with van der Waals surface area (Å²) in [7, 11) is 1.46. The van der Waals surface area contributed by atoms with E-state index < -0.39 is 0 Å². The summed E-state index contributed by atoms with van der Waals surface area (Å²) in [6, 6.07) is 1.50. The van der Waals surface area contributed by atoms with Gasteiger partial charge in [-0.25, -0.2) is 0 Å². The van der Waals surface area contributed by atoms with Crippen LogP contribution in [0.15, 0.2) is 21.5 Å². The number of likely N-dealkylation sites (tertiary alicyclic amines) is 2. The zero-order valence-electron chi connectivity index (χ0n) is 15.5. The van der Waals surface area contributed by atoms with Crippen molar-refractivity contribution in [2.45, 2.75) is 45.1 Å². The van der Waals surface area contributed by atoms with Crippen molar-refractivity contribution in [1.29, 1.82) is 0 Å². The number of nitrogens with zero attached hydrogens (tertiary/aromatic N) is 2. The molecule has 1 spiro atoms. The molecule has 3 heterocycles. The molecular weight excluding hydrogens is 332 g/mol. The molecule has 6 nitrogen and oxygen atoms in total. The molecule has 1 amide bonds. The molecule has 1 aromatic heterocycles. The lowest BCUT2D eigenvalue weighted by Crippen LogP contribution is -2.51. The molecule has 142 valence electrons. The van der Waals surface area contributed by atoms with E-state index in [1.54, 1.807) is 0 Å². The van der Waals surface area contributed by atoms with E-state index in [4.69, 9.17) is 9.15 Å². The SMILES string of the molecule is COc1coc(CN2CC[C@@]3(CCCN(CC4CCC4)C3=O)C2)cc1=O. The fourth-order valence-electron chi connectivity index (χ4n) is 4.68. The fraction of sp³-hybridized carbons (Fsp3) is 0.700. The van der Waals surface area contributed by atoms with Gasteiger partial charge in [0.05, 0.1) is 19.1 Å². The van der Waals surface area contributed by atoms with E-state index in [1.807, 2.05) is 0 Å². The van der Waals surface area contributed by atoms with Crippen LogP contribution in [0.2, 0.25) is 0 Å². The zero-order chi connectivity index (χ0) is 18.1. The summed E-state index contributed by atoms with van der Waals surface area (Å²) in [5, 5.41) is 0. The average molecular weight is 360 g/mol. The van der Waals surface area contributed by atoms with Gasteiger partial charge in [-0.2, -0.15) is 0 Å². The number of amides is 1. The predicted octanol–water partition coefficient (Wildman–Crippen LogP) is 2.26. The molecule has 0 unspecified atom stereocenters. The number of ether oxygens (including phenoxy) is 1. The van der Waals surface area contributed by atoms with E-state index in [-0.39, 0.29) is 16.6 Å². The average Bonchev–Trinajstić information content (AvgIpc) is 2.98. The summed E-state index contributed by atoms with van der Waals surface area (Å²) in [4.78, 5) is 29.5. The molecule has 1 atom stereocenters. The third-order valence-corrected chi connectivity index (χ3v) is 6.41. The van der Waals surface area contributed by atoms with Gasteiger partial charge >= 0.3 is 0 Å². The summed E-state index contributed by atoms with van der Waals surface area (Å²) in [5.74, 6) is 1.93. The molecule has 0 bridgehead atoms. The first-order valence-electron chi connectivity index (χ1n) is 9.77. The van der Waals surface area contributed by atoms with E-state index in [2.05, 4.69) is 9.80 Å². The summed E-state index contributed by atoms with van der Waals surface area (Å²) in [6.07, 6.45) is 8.24. The molecule has 2 saturated heterocycles. The first-order chi connectivity index (χ1) is 12.6. The van der Waals surface area contributed by atoms with Crippen LogP contribution < -0.4 is 10.2 Å². The van der Waals surface area contributed by atoms with Gasteiger partial charge in [0.1, 0.15) is 12.0 Å². The van der Waals surface area contributed by atoms with E-state index in [0.29, 0.717) is 18.2 Å². The highest BCUT2D eigenvalue weighted by atomic mass is 16.5. The van der Waals surface area contributed by atoms with E-state index >= 15 is 0 Å². The standard InChI is InChI=1S/C20H28N2O4/c1-25-18-13-26-16(10-17(18)23)12-21-9-7-20(14-21)6-3-8-22(19(20)24)11-15-4-2-5-15/h10,13,15H,2-9,11-12,14H2,1H3/t20-/m0/s1. The van der Waals surface area contributed by atoms with Crippen LogP contribution in [0.25, 0.3) is 0 Å². The van der Waals surface area contributed by atoms with Crippen LogP contribution >= 0.6 is 0 Å². The summed E-state index contributed by atoms with van der Waals surface area (Å²) in [5.41, 5.74) is -0.391. The van der Waals surface area contributed by atoms with E-state index in [9.17, 15) is 9.59 Å². The fourth-order valence-corrected chi connectivity index (χ4v) is 4.68. The Hall–Kier alpha value is -1.82. The number of methoxy groups -OCH3 is 1. The number of carbonyl (C=O) groups is 1. The largest absolute Gasteiger partial charge is 0.490 e. The molecule has 0 radical (unpaired) electrons. The highest BCUT2D eigenvalue weighted by molar-refractivity contribution is 5.84. The van der Waals surface area contributed by atoms with Crippen LogP contribution in [0.5, 0.6) is 5.75 Å². The summed E-state index contributed by atoms with van der Waals surface area (Å²) < 4.78 is 10.5. The van der Waals surface area contributed by atoms with Gasteiger partial charge in [0.2, 0.25) is 17.1 Å². The minimum atomic E-state index is -0.227. The minimum Gasteiger partial charge on any atom is -0.490 e. The normalized spacial score (nSPS) is 27.1. The monoisotopic (exact) mass is 360 g/mol. The van der Waals surface area contributed by atoms with Crippen molar-refractivity contribution in [3.8, 4) is 5.75 Å². The molecular formula is C20H28N2O4. The number of carbonyl (C=O) groups excluding carboxylic acids is 1. The first-order valence-corrected chi connectivity index (χ1v) is 9.77. The van der Waals surface area contributed by atoms with Crippen molar-refractivity contribution in [3.63, 3.8) is 0 Å². The predicted molar refractivity (Wildman–Crippen MR) is 97.0 cm³/mol. The van der Waals surface area contributed by atoms with Crippen LogP contribution in [0.4, 0.5) is 0 Å². The van der Waals surface area contributed by atoms with Crippen molar-refractivity contribution < 1.29 is 13.9 Å². The molecule has 1 saturated carbocycles. The molecule has 2 aliphatic heterocycles. The zero-order valence-corrected chi connectivity index (χ0v) is 15.5. The molecule has 0 N–H and O–H groups in total. The van der Waals surface area contributed by atoms with E-state index in [1.165, 1.54) is 38.7 Å². The third-order valence-electron chi connectivity index (χ3n) is 6.41. The number of hydrogen-bond donors (Lipinski definition) is 0. The maximum absolute atomic E-state index is 13.2. The van der Waals surface area contributed by atoms with Gasteiger partial charge in [-0.1, -0.05) is 6.42 Å². The van der Waals surface area contributed by atoms with Crippen LogP contribution in [0.1, 0.15) is 44.3 Å². The molecule has 3 fully saturated rings. The second-order valence-electron chi connectivity index (χ2n) is 8.17. The Labute approximate surface area is 154 Å². The van der Waals surface area contributed by atoms with Gasteiger partial charge in [-0.15, -0.1) is 0 Å². The van der Waals surface area contributed by atoms with Crippen LogP contribution in [0, 0.1) is 11.3 Å². The van der Waals surface area contributed by atoms with E-state index in [0.717, 1.165) is 51.4 Å². The van der Waals surface area contributed by atoms with Gasteiger partial charge < -0.3 is 14.1 Å². The molecule has 0 aromatic carbocycles. The topological polar surface area (TPSA) is 63.0 Å². The maximum Gasteiger partial charge on any atom is 0.230 e. The number of rotatable bonds is 5. The molecule has 6 heteroatoms. The smallest absolute Gasteiger partial charge is 0.230 e. The Morgan fingerprint density at radius 1 is 1.23 bits per heavy atom. The van der Waals surface area contributed by atoms with Gasteiger partial charge in [-0.05, 0) is 44.6 Å². The molecule has 26 heavy (non-hydrogen) atoms. The van der Waals surface area contributed by atoms with Crippen LogP contribution in [-0.2, 0) is 11.3 Å². The van der Waals surface area contributed by atoms with Crippen LogP contribution in [0.3, 0.4) is 0 Å². The third kappa shape index (κ3) is 3.27. The number of hydrogen-bond acceptors (Lipinski definition) is 5. The minimum absolute atomic E-state index is 0.164. The van der Waals surface area contributed by atoms with Gasteiger partial charge in [-0.3, -0.25) is 14.5 Å². The maximum atomic E-state index is 13.2. The molecule has 1 aliphatic carbocycles. The summed E-state index contributed by atoms with van der Waals surface area (Å²) >= 11 is 0. The lowest BCUT2D eigenvalue weighted by Gasteiger charge is -2.42. The second-order valence-corrected chi connectivity index (χ2v) is 8.17. The Balaban J connectivity index is 1.41. The highest BCUT2D eigenvalue weighted by Gasteiger charge is 2.48. The van der Waals surface area contributed by atoms with Crippen molar-refractivity contribution in [3.05, 3.63) is 28.3 Å². The Morgan fingerprint density at radius 2 is 2.08 bits per heavy atom. The van der Waals surface area contributed by atoms with Crippen molar-refractivity contribution in [2.24, 2.45) is 11.3 Å². The molecule has 4 rings (SSSR count). The quantitative estimate of drug-likeness (QED) is 0.806. The lowest BCUT2D eigenvalue weighted by molar-refractivity contribution is -0.146. The van der Waals surface area contributed by atoms with Gasteiger partial charge in [0.15, 0.2) is 0 Å².